The van der Waals surface area contributed by atoms with E-state index in [0.29, 0.717) is 0 Å². The summed E-state index contributed by atoms with van der Waals surface area (Å²) in [6, 6.07) is 0. The number of hydrogen-bond donors (Lipinski definition) is 0. The highest BCUT2D eigenvalue weighted by Gasteiger charge is 2.08. The van der Waals surface area contributed by atoms with E-state index in [1.807, 2.05) is 6.08 Å². The second-order valence-electron chi connectivity index (χ2n) is 6.76. The Hall–Kier alpha value is -0.520. The summed E-state index contributed by atoms with van der Waals surface area (Å²) in [5.74, 6) is 0. The van der Waals surface area contributed by atoms with Crippen molar-refractivity contribution in [2.24, 2.45) is 0 Å². The van der Waals surface area contributed by atoms with Gasteiger partial charge in [-0.25, -0.2) is 0 Å². The van der Waals surface area contributed by atoms with Crippen LogP contribution >= 0.6 is 0 Å². The first-order valence-corrected chi connectivity index (χ1v) is 10.1. The van der Waals surface area contributed by atoms with Gasteiger partial charge in [0.15, 0.2) is 0 Å². The normalized spacial score (nSPS) is 12.5. The molecule has 0 aromatic rings. The van der Waals surface area contributed by atoms with Crippen molar-refractivity contribution in [3.05, 3.63) is 24.3 Å². The van der Waals surface area contributed by atoms with Gasteiger partial charge in [-0.15, -0.1) is 6.58 Å². The van der Waals surface area contributed by atoms with Gasteiger partial charge in [0.25, 0.3) is 0 Å². The molecule has 0 unspecified atom stereocenters. The maximum Gasteiger partial charge on any atom is -0.0283 e. The first kappa shape index (κ1) is 21.5. The molecule has 0 amide bonds. The number of hydrogen-bond acceptors (Lipinski definition) is 0. The fraction of sp³-hybridized carbons (Fsp3) is 0.818. The van der Waals surface area contributed by atoms with Crippen molar-refractivity contribution in [1.29, 1.82) is 0 Å². The summed E-state index contributed by atoms with van der Waals surface area (Å²) >= 11 is 0. The summed E-state index contributed by atoms with van der Waals surface area (Å²) in [5.41, 5.74) is 1.71. The molecule has 0 nitrogen and oxygen atoms in total. The highest BCUT2D eigenvalue weighted by molar-refractivity contribution is 5.15. The fourth-order valence-electron chi connectivity index (χ4n) is 2.58. The molecule has 1 fully saturated rings. The predicted octanol–water partition coefficient (Wildman–Crippen LogP) is 8.38. The van der Waals surface area contributed by atoms with Crippen molar-refractivity contribution in [2.75, 3.05) is 0 Å². The monoisotopic (exact) mass is 306 g/mol. The third-order valence-electron chi connectivity index (χ3n) is 4.29. The molecule has 0 aromatic carbocycles. The molecule has 0 saturated heterocycles. The van der Waals surface area contributed by atoms with Crippen LogP contribution in [0.4, 0.5) is 0 Å². The molecule has 22 heavy (non-hydrogen) atoms. The lowest BCUT2D eigenvalue weighted by Crippen LogP contribution is -1.79. The molecule has 0 atom stereocenters. The second kappa shape index (κ2) is 18.5. The summed E-state index contributed by atoms with van der Waals surface area (Å²) in [5, 5.41) is 0. The van der Waals surface area contributed by atoms with Crippen LogP contribution in [-0.2, 0) is 0 Å². The molecule has 0 radical (unpaired) electrons. The average Bonchev–Trinajstić information content (AvgIpc) is 3.35. The van der Waals surface area contributed by atoms with E-state index in [9.17, 15) is 0 Å². The maximum atomic E-state index is 3.72. The average molecular weight is 307 g/mol. The van der Waals surface area contributed by atoms with Crippen LogP contribution in [-0.4, -0.2) is 0 Å². The Labute approximate surface area is 141 Å². The lowest BCUT2D eigenvalue weighted by molar-refractivity contribution is 0.578. The Morgan fingerprint density at radius 2 is 1.14 bits per heavy atom. The van der Waals surface area contributed by atoms with E-state index in [1.165, 1.54) is 103 Å². The fourth-order valence-corrected chi connectivity index (χ4v) is 2.58. The Bertz CT molecular complexity index is 243. The Morgan fingerprint density at radius 3 is 1.64 bits per heavy atom. The third kappa shape index (κ3) is 19.5. The van der Waals surface area contributed by atoms with Gasteiger partial charge >= 0.3 is 0 Å². The van der Waals surface area contributed by atoms with Gasteiger partial charge < -0.3 is 0 Å². The quantitative estimate of drug-likeness (QED) is 0.223. The topological polar surface area (TPSA) is 0 Å². The molecule has 1 rings (SSSR count). The van der Waals surface area contributed by atoms with Crippen molar-refractivity contribution in [1.82, 2.24) is 0 Å². The van der Waals surface area contributed by atoms with Crippen LogP contribution in [0.25, 0.3) is 0 Å². The molecule has 0 heterocycles. The van der Waals surface area contributed by atoms with Crippen LogP contribution in [0.5, 0.6) is 0 Å². The van der Waals surface area contributed by atoms with Gasteiger partial charge in [-0.1, -0.05) is 95.8 Å². The Kier molecular flexibility index (Phi) is 18.1. The van der Waals surface area contributed by atoms with Gasteiger partial charge in [-0.05, 0) is 38.5 Å². The molecule has 1 aliphatic rings. The van der Waals surface area contributed by atoms with Crippen molar-refractivity contribution >= 4 is 0 Å². The summed E-state index contributed by atoms with van der Waals surface area (Å²) in [6.07, 6.45) is 26.7. The summed E-state index contributed by atoms with van der Waals surface area (Å²) < 4.78 is 0. The van der Waals surface area contributed by atoms with Crippen LogP contribution < -0.4 is 0 Å². The van der Waals surface area contributed by atoms with E-state index in [0.717, 1.165) is 0 Å². The first-order valence-electron chi connectivity index (χ1n) is 10.1. The van der Waals surface area contributed by atoms with Crippen LogP contribution in [0, 0.1) is 0 Å². The third-order valence-corrected chi connectivity index (χ3v) is 4.29. The van der Waals surface area contributed by atoms with Crippen LogP contribution in [0.1, 0.15) is 117 Å². The minimum absolute atomic E-state index is 1.20. The standard InChI is InChI=1S/C12H24.C10H18/c1-3-5-7-9-11-12-10-8-6-4-2;1-2-3-4-5-6-7-10-8-9-10/h3H,1,4-12H2,2H3;7H,2-6,8-9H2,1H3. The lowest BCUT2D eigenvalue weighted by Gasteiger charge is -1.99. The summed E-state index contributed by atoms with van der Waals surface area (Å²) in [4.78, 5) is 0. The minimum atomic E-state index is 1.20. The highest BCUT2D eigenvalue weighted by atomic mass is 14.1. The van der Waals surface area contributed by atoms with Gasteiger partial charge in [0.2, 0.25) is 0 Å². The molecule has 0 aliphatic heterocycles. The van der Waals surface area contributed by atoms with Crippen LogP contribution in [0.15, 0.2) is 24.3 Å². The molecular weight excluding hydrogens is 264 g/mol. The van der Waals surface area contributed by atoms with Gasteiger partial charge in [-0.2, -0.15) is 0 Å². The van der Waals surface area contributed by atoms with Crippen LogP contribution in [0.2, 0.25) is 0 Å². The maximum absolute atomic E-state index is 3.72. The van der Waals surface area contributed by atoms with Crippen molar-refractivity contribution in [3.63, 3.8) is 0 Å². The van der Waals surface area contributed by atoms with E-state index < -0.39 is 0 Å². The zero-order valence-electron chi connectivity index (χ0n) is 15.7. The second-order valence-corrected chi connectivity index (χ2v) is 6.76. The van der Waals surface area contributed by atoms with Crippen LogP contribution in [0.3, 0.4) is 0 Å². The summed E-state index contributed by atoms with van der Waals surface area (Å²) in [7, 11) is 0. The Morgan fingerprint density at radius 1 is 0.682 bits per heavy atom. The molecule has 0 bridgehead atoms. The number of unbranched alkanes of at least 4 members (excludes halogenated alkanes) is 12. The van der Waals surface area contributed by atoms with Gasteiger partial charge in [-0.3, -0.25) is 0 Å². The zero-order chi connectivity index (χ0) is 16.3. The molecular formula is C22H42. The van der Waals surface area contributed by atoms with Gasteiger partial charge in [0, 0.05) is 0 Å². The van der Waals surface area contributed by atoms with Crippen molar-refractivity contribution in [3.8, 4) is 0 Å². The molecule has 0 aromatic heterocycles. The molecule has 130 valence electrons. The minimum Gasteiger partial charge on any atom is -0.103 e. The molecule has 1 saturated carbocycles. The number of allylic oxidation sites excluding steroid dienone is 3. The van der Waals surface area contributed by atoms with Gasteiger partial charge in [0.05, 0.1) is 0 Å². The molecule has 0 N–H and O–H groups in total. The predicted molar refractivity (Wildman–Crippen MR) is 104 cm³/mol. The zero-order valence-corrected chi connectivity index (χ0v) is 15.7. The lowest BCUT2D eigenvalue weighted by atomic mass is 10.1. The smallest absolute Gasteiger partial charge is 0.0283 e. The van der Waals surface area contributed by atoms with E-state index >= 15 is 0 Å². The van der Waals surface area contributed by atoms with E-state index in [2.05, 4.69) is 26.5 Å². The van der Waals surface area contributed by atoms with E-state index in [1.54, 1.807) is 5.57 Å². The molecule has 1 aliphatic carbocycles. The Balaban J connectivity index is 0.000000406. The summed E-state index contributed by atoms with van der Waals surface area (Å²) in [6.45, 7) is 8.25. The van der Waals surface area contributed by atoms with Gasteiger partial charge in [0.1, 0.15) is 0 Å². The van der Waals surface area contributed by atoms with E-state index in [-0.39, 0.29) is 0 Å². The first-order chi connectivity index (χ1) is 10.8. The molecule has 0 spiro atoms. The largest absolute Gasteiger partial charge is 0.103 e. The highest BCUT2D eigenvalue weighted by Crippen LogP contribution is 2.28. The SMILES string of the molecule is C=CCCCCCCCCCC.CCCCCCC=C1CC1. The molecule has 0 heteroatoms. The van der Waals surface area contributed by atoms with Crippen molar-refractivity contribution in [2.45, 2.75) is 117 Å². The van der Waals surface area contributed by atoms with E-state index in [4.69, 9.17) is 0 Å². The number of rotatable bonds is 14. The van der Waals surface area contributed by atoms with Crippen molar-refractivity contribution < 1.29 is 0 Å².